The lowest BCUT2D eigenvalue weighted by Gasteiger charge is -2.07. The molecule has 0 bridgehead atoms. The third-order valence-electron chi connectivity index (χ3n) is 3.69. The van der Waals surface area contributed by atoms with E-state index in [-0.39, 0.29) is 0 Å². The van der Waals surface area contributed by atoms with E-state index in [4.69, 9.17) is 5.11 Å². The van der Waals surface area contributed by atoms with E-state index in [1.807, 2.05) is 0 Å². The molecule has 0 heterocycles. The first-order valence-corrected chi connectivity index (χ1v) is 8.03. The number of carboxylic acids is 1. The molecule has 0 aromatic carbocycles. The Bertz CT molecular complexity index is 233. The fourth-order valence-electron chi connectivity index (χ4n) is 2.10. The Balaban J connectivity index is 3.14. The summed E-state index contributed by atoms with van der Waals surface area (Å²) in [5.41, 5.74) is 0. The van der Waals surface area contributed by atoms with Gasteiger partial charge in [-0.05, 0) is 31.6 Å². The van der Waals surface area contributed by atoms with Gasteiger partial charge in [0.15, 0.2) is 0 Å². The zero-order valence-corrected chi connectivity index (χ0v) is 12.9. The van der Waals surface area contributed by atoms with Crippen LogP contribution in [0.4, 0.5) is 0 Å². The van der Waals surface area contributed by atoms with Gasteiger partial charge in [-0.25, -0.2) is 0 Å². The Morgan fingerprint density at radius 3 is 2.21 bits per heavy atom. The van der Waals surface area contributed by atoms with Crippen molar-refractivity contribution in [1.82, 2.24) is 0 Å². The third kappa shape index (κ3) is 15.2. The van der Waals surface area contributed by atoms with Gasteiger partial charge >= 0.3 is 5.97 Å². The van der Waals surface area contributed by atoms with Crippen molar-refractivity contribution in [1.29, 1.82) is 0 Å². The Kier molecular flexibility index (Phi) is 13.1. The van der Waals surface area contributed by atoms with Crippen LogP contribution in [0.2, 0.25) is 0 Å². The highest BCUT2D eigenvalue weighted by Crippen LogP contribution is 2.14. The number of rotatable bonds is 13. The first kappa shape index (κ1) is 18.2. The van der Waals surface area contributed by atoms with Crippen molar-refractivity contribution in [2.45, 2.75) is 84.5 Å². The summed E-state index contributed by atoms with van der Waals surface area (Å²) in [5, 5.41) is 8.48. The summed E-state index contributed by atoms with van der Waals surface area (Å²) >= 11 is 0. The minimum absolute atomic E-state index is 0.292. The molecule has 0 aliphatic rings. The molecule has 0 aliphatic heterocycles. The van der Waals surface area contributed by atoms with Gasteiger partial charge in [0.1, 0.15) is 0 Å². The summed E-state index contributed by atoms with van der Waals surface area (Å²) in [6, 6.07) is 0. The number of hydrogen-bond acceptors (Lipinski definition) is 1. The lowest BCUT2D eigenvalue weighted by Crippen LogP contribution is -1.92. The molecule has 2 nitrogen and oxygen atoms in total. The normalized spacial score (nSPS) is 12.9. The van der Waals surface area contributed by atoms with E-state index in [0.717, 1.165) is 25.2 Å². The largest absolute Gasteiger partial charge is 0.481 e. The van der Waals surface area contributed by atoms with Crippen LogP contribution in [0.25, 0.3) is 0 Å². The van der Waals surface area contributed by atoms with E-state index < -0.39 is 5.97 Å². The Morgan fingerprint density at radius 2 is 1.58 bits per heavy atom. The predicted octanol–water partition coefficient (Wildman–Crippen LogP) is 5.57. The van der Waals surface area contributed by atoms with Gasteiger partial charge in [0.05, 0.1) is 0 Å². The van der Waals surface area contributed by atoms with E-state index in [9.17, 15) is 4.79 Å². The van der Waals surface area contributed by atoms with Crippen molar-refractivity contribution in [2.75, 3.05) is 0 Å². The van der Waals surface area contributed by atoms with Crippen molar-refractivity contribution in [3.8, 4) is 0 Å². The average molecular weight is 268 g/mol. The van der Waals surface area contributed by atoms with Crippen molar-refractivity contribution in [3.63, 3.8) is 0 Å². The first-order valence-electron chi connectivity index (χ1n) is 8.03. The van der Waals surface area contributed by atoms with Crippen LogP contribution < -0.4 is 0 Å². The van der Waals surface area contributed by atoms with E-state index in [2.05, 4.69) is 26.0 Å². The Morgan fingerprint density at radius 1 is 1.00 bits per heavy atom. The standard InChI is InChI=1S/C17H32O2/c1-3-16(2)14-12-10-8-6-4-5-7-9-11-13-15-17(18)19/h7,9,16H,3-6,8,10-15H2,1-2H3,(H,18,19)/b9-7+. The molecule has 1 N–H and O–H groups in total. The van der Waals surface area contributed by atoms with Crippen LogP contribution in [0.5, 0.6) is 0 Å². The molecular formula is C17H32O2. The molecule has 0 fully saturated rings. The highest BCUT2D eigenvalue weighted by Gasteiger charge is 1.97. The van der Waals surface area contributed by atoms with E-state index >= 15 is 0 Å². The lowest BCUT2D eigenvalue weighted by molar-refractivity contribution is -0.137. The summed E-state index contributed by atoms with van der Waals surface area (Å²) in [7, 11) is 0. The van der Waals surface area contributed by atoms with Crippen LogP contribution in [0, 0.1) is 5.92 Å². The first-order chi connectivity index (χ1) is 9.16. The van der Waals surface area contributed by atoms with Crippen LogP contribution in [0.3, 0.4) is 0 Å². The molecule has 0 spiro atoms. The number of aliphatic carboxylic acids is 1. The van der Waals surface area contributed by atoms with Gasteiger partial charge in [-0.15, -0.1) is 0 Å². The molecule has 1 atom stereocenters. The Hall–Kier alpha value is -0.790. The summed E-state index contributed by atoms with van der Waals surface area (Å²) in [5.74, 6) is 0.208. The molecule has 1 unspecified atom stereocenters. The molecule has 2 heteroatoms. The lowest BCUT2D eigenvalue weighted by atomic mass is 10.00. The van der Waals surface area contributed by atoms with Gasteiger partial charge in [0.2, 0.25) is 0 Å². The molecule has 0 aromatic rings. The van der Waals surface area contributed by atoms with Gasteiger partial charge in [0, 0.05) is 6.42 Å². The minimum Gasteiger partial charge on any atom is -0.481 e. The number of allylic oxidation sites excluding steroid dienone is 2. The van der Waals surface area contributed by atoms with Gasteiger partial charge in [-0.3, -0.25) is 4.79 Å². The van der Waals surface area contributed by atoms with Crippen molar-refractivity contribution < 1.29 is 9.90 Å². The van der Waals surface area contributed by atoms with Gasteiger partial charge < -0.3 is 5.11 Å². The molecule has 0 saturated carbocycles. The molecule has 19 heavy (non-hydrogen) atoms. The minimum atomic E-state index is -0.689. The molecule has 0 radical (unpaired) electrons. The second-order valence-electron chi connectivity index (χ2n) is 5.62. The summed E-state index contributed by atoms with van der Waals surface area (Å²) in [6.07, 6.45) is 16.9. The number of hydrogen-bond donors (Lipinski definition) is 1. The topological polar surface area (TPSA) is 37.3 Å². The summed E-state index contributed by atoms with van der Waals surface area (Å²) < 4.78 is 0. The number of unbranched alkanes of at least 4 members (excludes halogenated alkanes) is 6. The zero-order valence-electron chi connectivity index (χ0n) is 12.9. The fraction of sp³-hybridized carbons (Fsp3) is 0.824. The van der Waals surface area contributed by atoms with Crippen LogP contribution >= 0.6 is 0 Å². The zero-order chi connectivity index (χ0) is 14.3. The monoisotopic (exact) mass is 268 g/mol. The highest BCUT2D eigenvalue weighted by atomic mass is 16.4. The second kappa shape index (κ2) is 13.6. The molecule has 0 amide bonds. The van der Waals surface area contributed by atoms with E-state index in [0.29, 0.717) is 6.42 Å². The molecular weight excluding hydrogens is 236 g/mol. The fourth-order valence-corrected chi connectivity index (χ4v) is 2.10. The van der Waals surface area contributed by atoms with Crippen LogP contribution in [0.1, 0.15) is 84.5 Å². The Labute approximate surface area is 119 Å². The summed E-state index contributed by atoms with van der Waals surface area (Å²) in [6.45, 7) is 4.61. The van der Waals surface area contributed by atoms with Crippen LogP contribution in [-0.4, -0.2) is 11.1 Å². The van der Waals surface area contributed by atoms with E-state index in [1.165, 1.54) is 44.9 Å². The van der Waals surface area contributed by atoms with Gasteiger partial charge in [0.25, 0.3) is 0 Å². The molecule has 0 rings (SSSR count). The third-order valence-corrected chi connectivity index (χ3v) is 3.69. The van der Waals surface area contributed by atoms with Crippen molar-refractivity contribution in [3.05, 3.63) is 12.2 Å². The molecule has 0 aliphatic carbocycles. The average Bonchev–Trinajstić information content (AvgIpc) is 2.39. The van der Waals surface area contributed by atoms with Crippen LogP contribution in [-0.2, 0) is 4.79 Å². The number of carboxylic acid groups (broad SMARTS) is 1. The number of carbonyl (C=O) groups is 1. The SMILES string of the molecule is CCC(C)CCCCCCC/C=C/CCCC(=O)O. The predicted molar refractivity (Wildman–Crippen MR) is 82.4 cm³/mol. The smallest absolute Gasteiger partial charge is 0.303 e. The van der Waals surface area contributed by atoms with Crippen molar-refractivity contribution >= 4 is 5.97 Å². The van der Waals surface area contributed by atoms with Crippen LogP contribution in [0.15, 0.2) is 12.2 Å². The quantitative estimate of drug-likeness (QED) is 0.350. The van der Waals surface area contributed by atoms with Gasteiger partial charge in [-0.2, -0.15) is 0 Å². The van der Waals surface area contributed by atoms with Crippen molar-refractivity contribution in [2.24, 2.45) is 5.92 Å². The van der Waals surface area contributed by atoms with E-state index in [1.54, 1.807) is 0 Å². The van der Waals surface area contributed by atoms with Gasteiger partial charge in [-0.1, -0.05) is 64.5 Å². The molecule has 0 saturated heterocycles. The molecule has 0 aromatic heterocycles. The maximum atomic E-state index is 10.3. The summed E-state index contributed by atoms with van der Waals surface area (Å²) in [4.78, 5) is 10.3. The molecule has 112 valence electrons. The maximum absolute atomic E-state index is 10.3. The highest BCUT2D eigenvalue weighted by molar-refractivity contribution is 5.66. The maximum Gasteiger partial charge on any atom is 0.303 e. The second-order valence-corrected chi connectivity index (χ2v) is 5.62.